The van der Waals surface area contributed by atoms with Crippen LogP contribution in [0.1, 0.15) is 43.6 Å². The van der Waals surface area contributed by atoms with Crippen LogP contribution in [0.25, 0.3) is 0 Å². The summed E-state index contributed by atoms with van der Waals surface area (Å²) < 4.78 is 0. The highest BCUT2D eigenvalue weighted by Crippen LogP contribution is 2.22. The number of H-pyrrole nitrogens is 1. The van der Waals surface area contributed by atoms with E-state index in [1.54, 1.807) is 11.3 Å². The third-order valence-electron chi connectivity index (χ3n) is 6.03. The minimum Gasteiger partial charge on any atom is -0.385 e. The molecule has 2 unspecified atom stereocenters. The van der Waals surface area contributed by atoms with Crippen molar-refractivity contribution in [1.29, 1.82) is 0 Å². The van der Waals surface area contributed by atoms with Gasteiger partial charge in [0.2, 0.25) is 11.8 Å². The number of Topliss-reactive ketones (excluding diaryl/α,β-unsaturated/α-hetero) is 1. The lowest BCUT2D eigenvalue weighted by atomic mass is 9.85. The number of rotatable bonds is 16. The van der Waals surface area contributed by atoms with Crippen molar-refractivity contribution in [3.8, 4) is 0 Å². The smallest absolute Gasteiger partial charge is 0.231 e. The topological polar surface area (TPSA) is 137 Å². The van der Waals surface area contributed by atoms with E-state index in [2.05, 4.69) is 39.7 Å². The number of hydrogen-bond acceptors (Lipinski definition) is 8. The summed E-state index contributed by atoms with van der Waals surface area (Å²) in [5.41, 5.74) is 0.855. The lowest BCUT2D eigenvalue weighted by Crippen LogP contribution is -2.49. The van der Waals surface area contributed by atoms with Crippen LogP contribution < -0.4 is 10.6 Å². The Balaban J connectivity index is 1.69. The average molecular weight is 558 g/mol. The number of aromatic nitrogens is 3. The molecule has 3 atom stereocenters. The van der Waals surface area contributed by atoms with E-state index in [0.29, 0.717) is 24.0 Å². The maximum atomic E-state index is 13.6. The van der Waals surface area contributed by atoms with Crippen molar-refractivity contribution in [1.82, 2.24) is 25.8 Å². The number of ketones is 1. The molecule has 1 aromatic carbocycles. The van der Waals surface area contributed by atoms with Gasteiger partial charge in [-0.05, 0) is 35.8 Å². The first-order valence-electron chi connectivity index (χ1n) is 12.6. The maximum Gasteiger partial charge on any atom is 0.231 e. The van der Waals surface area contributed by atoms with Gasteiger partial charge in [-0.25, -0.2) is 4.98 Å². The molecule has 0 aliphatic rings. The van der Waals surface area contributed by atoms with Gasteiger partial charge in [0.05, 0.1) is 18.3 Å². The molecule has 2 amide bonds. The van der Waals surface area contributed by atoms with Gasteiger partial charge in [-0.15, -0.1) is 11.3 Å². The lowest BCUT2D eigenvalue weighted by molar-refractivity contribution is -0.136. The first-order chi connectivity index (χ1) is 18.3. The third-order valence-corrected chi connectivity index (χ3v) is 7.79. The first-order valence-corrected chi connectivity index (χ1v) is 14.5. The number of amides is 2. The zero-order valence-corrected chi connectivity index (χ0v) is 23.3. The van der Waals surface area contributed by atoms with Gasteiger partial charge in [0.25, 0.3) is 0 Å². The molecule has 11 heteroatoms. The van der Waals surface area contributed by atoms with Crippen molar-refractivity contribution in [3.63, 3.8) is 0 Å². The summed E-state index contributed by atoms with van der Waals surface area (Å²) in [6.07, 6.45) is 1.50. The highest BCUT2D eigenvalue weighted by Gasteiger charge is 2.34. The minimum atomic E-state index is -1.39. The summed E-state index contributed by atoms with van der Waals surface area (Å²) in [4.78, 5) is 44.1. The maximum absolute atomic E-state index is 13.6. The summed E-state index contributed by atoms with van der Waals surface area (Å²) in [5.74, 6) is -1.25. The number of thiophene rings is 1. The number of nitrogens with one attached hydrogen (secondary N) is 3. The van der Waals surface area contributed by atoms with Gasteiger partial charge >= 0.3 is 0 Å². The summed E-state index contributed by atoms with van der Waals surface area (Å²) >= 11 is 2.72. The second kappa shape index (κ2) is 15.4. The summed E-state index contributed by atoms with van der Waals surface area (Å²) in [6, 6.07) is 12.3. The Morgan fingerprint density at radius 2 is 1.87 bits per heavy atom. The molecule has 204 valence electrons. The fraction of sp³-hybridized carbons (Fsp3) is 0.444. The van der Waals surface area contributed by atoms with Crippen LogP contribution in [-0.2, 0) is 27.3 Å². The number of hydrogen-bond donors (Lipinski definition) is 4. The van der Waals surface area contributed by atoms with Gasteiger partial charge in [0.1, 0.15) is 12.4 Å². The molecule has 0 aliphatic heterocycles. The van der Waals surface area contributed by atoms with Crippen molar-refractivity contribution < 1.29 is 19.5 Å². The molecule has 0 radical (unpaired) electrons. The number of aromatic amines is 1. The van der Waals surface area contributed by atoms with Gasteiger partial charge in [-0.2, -0.15) is 5.10 Å². The lowest BCUT2D eigenvalue weighted by Gasteiger charge is -2.27. The number of thioether (sulfide) groups is 1. The number of aliphatic hydroxyl groups excluding tert-OH is 1. The Labute approximate surface area is 231 Å². The second-order valence-corrected chi connectivity index (χ2v) is 11.5. The van der Waals surface area contributed by atoms with Gasteiger partial charge < -0.3 is 15.7 Å². The molecule has 4 N–H and O–H groups in total. The Hall–Kier alpha value is -3.02. The largest absolute Gasteiger partial charge is 0.385 e. The quantitative estimate of drug-likeness (QED) is 0.198. The van der Waals surface area contributed by atoms with Crippen molar-refractivity contribution in [2.45, 2.75) is 63.4 Å². The molecule has 0 bridgehead atoms. The molecule has 9 nitrogen and oxygen atoms in total. The van der Waals surface area contributed by atoms with Gasteiger partial charge in [-0.3, -0.25) is 19.5 Å². The summed E-state index contributed by atoms with van der Waals surface area (Å²) in [5, 5.41) is 25.8. The molecule has 0 fully saturated rings. The Bertz CT molecular complexity index is 1120. The molecule has 3 rings (SSSR count). The normalized spacial score (nSPS) is 13.6. The SMILES string of the molecule is CC(C)CCC(CC(=O)NCc1cccs1)C(O)C(=O)[C@H](Cc1ccccc1)NC(=O)CSc1ncn[nH]1. The van der Waals surface area contributed by atoms with Crippen LogP contribution in [0.4, 0.5) is 0 Å². The fourth-order valence-corrected chi connectivity index (χ4v) is 5.21. The standard InChI is InChI=1S/C27H35N5O4S2/c1-18(2)10-11-20(14-23(33)28-15-21-9-6-12-37-21)25(35)26(36)22(13-19-7-4-3-5-8-19)31-24(34)16-38-27-29-17-30-32-27/h3-9,12,17-18,20,22,25,35H,10-11,13-16H2,1-2H3,(H,28,33)(H,31,34)(H,29,30,32)/t20?,22-,25?/m0/s1. The predicted octanol–water partition coefficient (Wildman–Crippen LogP) is 3.37. The minimum absolute atomic E-state index is 0.0261. The molecule has 38 heavy (non-hydrogen) atoms. The average Bonchev–Trinajstić information content (AvgIpc) is 3.62. The predicted molar refractivity (Wildman–Crippen MR) is 149 cm³/mol. The first kappa shape index (κ1) is 29.5. The summed E-state index contributed by atoms with van der Waals surface area (Å²) in [6.45, 7) is 4.53. The monoisotopic (exact) mass is 557 g/mol. The van der Waals surface area contributed by atoms with Crippen LogP contribution in [0.5, 0.6) is 0 Å². The highest BCUT2D eigenvalue weighted by molar-refractivity contribution is 7.99. The van der Waals surface area contributed by atoms with Gasteiger partial charge in [-0.1, -0.05) is 68.4 Å². The number of benzene rings is 1. The third kappa shape index (κ3) is 10.0. The van der Waals surface area contributed by atoms with E-state index in [1.807, 2.05) is 47.8 Å². The van der Waals surface area contributed by atoms with Crippen LogP contribution in [0, 0.1) is 11.8 Å². The number of carbonyl (C=O) groups excluding carboxylic acids is 3. The van der Waals surface area contributed by atoms with Crippen molar-refractivity contribution in [2.24, 2.45) is 11.8 Å². The van der Waals surface area contributed by atoms with Crippen molar-refractivity contribution >= 4 is 40.7 Å². The number of aliphatic hydroxyl groups is 1. The molecule has 0 saturated carbocycles. The van der Waals surface area contributed by atoms with Crippen molar-refractivity contribution in [3.05, 3.63) is 64.6 Å². The van der Waals surface area contributed by atoms with E-state index in [4.69, 9.17) is 0 Å². The zero-order chi connectivity index (χ0) is 27.3. The van der Waals surface area contributed by atoms with E-state index in [-0.39, 0.29) is 30.4 Å². The van der Waals surface area contributed by atoms with E-state index in [9.17, 15) is 19.5 Å². The van der Waals surface area contributed by atoms with Gasteiger partial charge in [0.15, 0.2) is 10.9 Å². The highest BCUT2D eigenvalue weighted by atomic mass is 32.2. The second-order valence-electron chi connectivity index (χ2n) is 9.53. The Morgan fingerprint density at radius 3 is 2.53 bits per heavy atom. The van der Waals surface area contributed by atoms with Crippen molar-refractivity contribution in [2.75, 3.05) is 5.75 Å². The van der Waals surface area contributed by atoms with Crippen LogP contribution in [0.15, 0.2) is 59.3 Å². The number of carbonyl (C=O) groups is 3. The molecule has 2 aromatic heterocycles. The molecular formula is C27H35N5O4S2. The van der Waals surface area contributed by atoms with E-state index >= 15 is 0 Å². The van der Waals surface area contributed by atoms with Gasteiger partial charge in [0, 0.05) is 17.2 Å². The van der Waals surface area contributed by atoms with Crippen LogP contribution >= 0.6 is 23.1 Å². The molecule has 3 aromatic rings. The van der Waals surface area contributed by atoms with Crippen LogP contribution in [0.2, 0.25) is 0 Å². The summed E-state index contributed by atoms with van der Waals surface area (Å²) in [7, 11) is 0. The fourth-order valence-electron chi connectivity index (χ4n) is 3.97. The molecule has 0 aliphatic carbocycles. The molecule has 0 spiro atoms. The zero-order valence-electron chi connectivity index (χ0n) is 21.6. The van der Waals surface area contributed by atoms with E-state index in [1.165, 1.54) is 18.1 Å². The Kier molecular flexibility index (Phi) is 12.0. The van der Waals surface area contributed by atoms with Crippen LogP contribution in [0.3, 0.4) is 0 Å². The molecule has 0 saturated heterocycles. The molecular weight excluding hydrogens is 522 g/mol. The molecule has 2 heterocycles. The van der Waals surface area contributed by atoms with E-state index < -0.39 is 23.8 Å². The van der Waals surface area contributed by atoms with Crippen LogP contribution in [-0.4, -0.2) is 55.8 Å². The van der Waals surface area contributed by atoms with E-state index in [0.717, 1.165) is 16.9 Å². The Morgan fingerprint density at radius 1 is 1.08 bits per heavy atom. The number of nitrogens with zero attached hydrogens (tertiary/aromatic N) is 2.